The Morgan fingerprint density at radius 1 is 1.08 bits per heavy atom. The van der Waals surface area contributed by atoms with Gasteiger partial charge in [0.1, 0.15) is 18.4 Å². The fourth-order valence-electron chi connectivity index (χ4n) is 4.16. The molecular weight excluding hydrogens is 480 g/mol. The molecule has 1 atom stereocenters. The van der Waals surface area contributed by atoms with E-state index < -0.39 is 23.5 Å². The molecule has 4 rings (SSSR count). The zero-order valence-corrected chi connectivity index (χ0v) is 20.6. The molecule has 0 saturated heterocycles. The van der Waals surface area contributed by atoms with E-state index in [1.54, 1.807) is 12.1 Å². The number of unbranched alkanes of at least 4 members (excludes halogenated alkanes) is 1. The SMILES string of the molecule is COC(=O)[C@H](CCCCN)NC(=O)Cn1c(-c2ccc3ccccc3c2)nc2ccc(Cl)cc2c1=O. The van der Waals surface area contributed by atoms with E-state index in [0.717, 1.165) is 10.8 Å². The smallest absolute Gasteiger partial charge is 0.328 e. The minimum Gasteiger partial charge on any atom is -0.467 e. The molecule has 0 bridgehead atoms. The highest BCUT2D eigenvalue weighted by Crippen LogP contribution is 2.25. The fraction of sp³-hybridized carbons (Fsp3) is 0.259. The van der Waals surface area contributed by atoms with Gasteiger partial charge in [0.25, 0.3) is 5.56 Å². The van der Waals surface area contributed by atoms with Crippen molar-refractivity contribution in [3.63, 3.8) is 0 Å². The highest BCUT2D eigenvalue weighted by molar-refractivity contribution is 6.31. The van der Waals surface area contributed by atoms with Crippen molar-refractivity contribution in [3.8, 4) is 11.4 Å². The molecule has 3 N–H and O–H groups in total. The molecule has 3 aromatic carbocycles. The van der Waals surface area contributed by atoms with Crippen molar-refractivity contribution in [2.75, 3.05) is 13.7 Å². The lowest BCUT2D eigenvalue weighted by Crippen LogP contribution is -2.44. The van der Waals surface area contributed by atoms with E-state index in [0.29, 0.717) is 53.1 Å². The largest absolute Gasteiger partial charge is 0.467 e. The topological polar surface area (TPSA) is 116 Å². The van der Waals surface area contributed by atoms with Gasteiger partial charge in [-0.2, -0.15) is 0 Å². The van der Waals surface area contributed by atoms with Gasteiger partial charge in [-0.3, -0.25) is 14.2 Å². The quantitative estimate of drug-likeness (QED) is 0.264. The summed E-state index contributed by atoms with van der Waals surface area (Å²) in [5.74, 6) is -0.718. The second-order valence-corrected chi connectivity index (χ2v) is 8.91. The van der Waals surface area contributed by atoms with E-state index in [2.05, 4.69) is 5.32 Å². The molecule has 0 aliphatic carbocycles. The number of rotatable bonds is 9. The fourth-order valence-corrected chi connectivity index (χ4v) is 4.33. The first-order chi connectivity index (χ1) is 17.4. The predicted molar refractivity (Wildman–Crippen MR) is 141 cm³/mol. The summed E-state index contributed by atoms with van der Waals surface area (Å²) in [6.07, 6.45) is 1.74. The zero-order chi connectivity index (χ0) is 25.7. The normalized spacial score (nSPS) is 12.0. The van der Waals surface area contributed by atoms with Crippen LogP contribution in [-0.2, 0) is 20.9 Å². The van der Waals surface area contributed by atoms with Crippen LogP contribution in [0.4, 0.5) is 0 Å². The maximum Gasteiger partial charge on any atom is 0.328 e. The number of hydrogen-bond acceptors (Lipinski definition) is 6. The molecule has 4 aromatic rings. The first-order valence-corrected chi connectivity index (χ1v) is 12.1. The molecule has 0 radical (unpaired) electrons. The molecule has 0 unspecified atom stereocenters. The summed E-state index contributed by atoms with van der Waals surface area (Å²) in [4.78, 5) is 43.5. The van der Waals surface area contributed by atoms with Crippen LogP contribution in [-0.4, -0.2) is 41.1 Å². The Kier molecular flexibility index (Phi) is 7.97. The number of fused-ring (bicyclic) bond motifs is 2. The molecule has 1 amide bonds. The molecule has 0 aliphatic heterocycles. The number of nitrogens with zero attached hydrogens (tertiary/aromatic N) is 2. The Labute approximate surface area is 213 Å². The number of carbonyl (C=O) groups excluding carboxylic acids is 2. The number of hydrogen-bond donors (Lipinski definition) is 2. The predicted octanol–water partition coefficient (Wildman–Crippen LogP) is 3.66. The van der Waals surface area contributed by atoms with Gasteiger partial charge in [-0.15, -0.1) is 0 Å². The molecule has 0 aliphatic rings. The minimum absolute atomic E-state index is 0.298. The number of nitrogens with two attached hydrogens (primary N) is 1. The van der Waals surface area contributed by atoms with Crippen LogP contribution >= 0.6 is 11.6 Å². The Morgan fingerprint density at radius 3 is 2.61 bits per heavy atom. The molecule has 186 valence electrons. The molecule has 36 heavy (non-hydrogen) atoms. The van der Waals surface area contributed by atoms with Crippen molar-refractivity contribution in [1.82, 2.24) is 14.9 Å². The summed E-state index contributed by atoms with van der Waals surface area (Å²) in [6.45, 7) is 0.151. The second-order valence-electron chi connectivity index (χ2n) is 8.48. The molecule has 8 nitrogen and oxygen atoms in total. The van der Waals surface area contributed by atoms with Gasteiger partial charge in [0.2, 0.25) is 5.91 Å². The summed E-state index contributed by atoms with van der Waals surface area (Å²) in [7, 11) is 1.27. The van der Waals surface area contributed by atoms with Gasteiger partial charge < -0.3 is 15.8 Å². The molecule has 0 saturated carbocycles. The molecule has 1 aromatic heterocycles. The summed E-state index contributed by atoms with van der Waals surface area (Å²) < 4.78 is 6.15. The molecule has 0 fully saturated rings. The van der Waals surface area contributed by atoms with Gasteiger partial charge in [-0.25, -0.2) is 9.78 Å². The first kappa shape index (κ1) is 25.3. The van der Waals surface area contributed by atoms with Crippen molar-refractivity contribution < 1.29 is 14.3 Å². The summed E-state index contributed by atoms with van der Waals surface area (Å²) >= 11 is 6.14. The van der Waals surface area contributed by atoms with Crippen molar-refractivity contribution in [3.05, 3.63) is 76.0 Å². The third-order valence-corrected chi connectivity index (χ3v) is 6.23. The van der Waals surface area contributed by atoms with Gasteiger partial charge in [0.15, 0.2) is 0 Å². The third-order valence-electron chi connectivity index (χ3n) is 5.99. The molecule has 9 heteroatoms. The molecule has 0 spiro atoms. The highest BCUT2D eigenvalue weighted by atomic mass is 35.5. The van der Waals surface area contributed by atoms with Crippen LogP contribution in [0.5, 0.6) is 0 Å². The van der Waals surface area contributed by atoms with E-state index in [1.807, 2.05) is 42.5 Å². The number of halogens is 1. The van der Waals surface area contributed by atoms with E-state index in [4.69, 9.17) is 27.1 Å². The summed E-state index contributed by atoms with van der Waals surface area (Å²) in [5, 5.41) is 5.41. The van der Waals surface area contributed by atoms with Gasteiger partial charge in [-0.05, 0) is 60.8 Å². The average Bonchev–Trinajstić information content (AvgIpc) is 2.89. The Balaban J connectivity index is 1.75. The van der Waals surface area contributed by atoms with Crippen LogP contribution in [0.3, 0.4) is 0 Å². The number of benzene rings is 3. The van der Waals surface area contributed by atoms with Crippen LogP contribution < -0.4 is 16.6 Å². The van der Waals surface area contributed by atoms with Crippen LogP contribution in [0, 0.1) is 0 Å². The van der Waals surface area contributed by atoms with Crippen molar-refractivity contribution in [2.24, 2.45) is 5.73 Å². The Bertz CT molecular complexity index is 1480. The van der Waals surface area contributed by atoms with E-state index in [-0.39, 0.29) is 6.54 Å². The molecular formula is C27H27ClN4O4. The van der Waals surface area contributed by atoms with Crippen molar-refractivity contribution in [1.29, 1.82) is 0 Å². The standard InChI is InChI=1S/C27H27ClN4O4/c1-36-27(35)23(8-4-5-13-29)30-24(33)16-32-25(19-10-9-17-6-2-3-7-18(17)14-19)31-22-12-11-20(28)15-21(22)26(32)34/h2-3,6-7,9-12,14-15,23H,4-5,8,13,16,29H2,1H3,(H,30,33)/t23-/m0/s1. The Morgan fingerprint density at radius 2 is 1.86 bits per heavy atom. The number of methoxy groups -OCH3 is 1. The lowest BCUT2D eigenvalue weighted by atomic mass is 10.1. The zero-order valence-electron chi connectivity index (χ0n) is 19.9. The minimum atomic E-state index is -0.836. The van der Waals surface area contributed by atoms with Crippen molar-refractivity contribution in [2.45, 2.75) is 31.8 Å². The van der Waals surface area contributed by atoms with Crippen molar-refractivity contribution >= 4 is 45.2 Å². The average molecular weight is 507 g/mol. The number of ether oxygens (including phenoxy) is 1. The van der Waals surface area contributed by atoms with Crippen LogP contribution in [0.15, 0.2) is 65.5 Å². The van der Waals surface area contributed by atoms with E-state index in [9.17, 15) is 14.4 Å². The third kappa shape index (κ3) is 5.56. The van der Waals surface area contributed by atoms with Crippen LogP contribution in [0.25, 0.3) is 33.1 Å². The maximum absolute atomic E-state index is 13.5. The maximum atomic E-state index is 13.5. The van der Waals surface area contributed by atoms with Gasteiger partial charge in [-0.1, -0.05) is 48.0 Å². The number of carbonyl (C=O) groups is 2. The first-order valence-electron chi connectivity index (χ1n) is 11.7. The number of esters is 1. The van der Waals surface area contributed by atoms with E-state index >= 15 is 0 Å². The lowest BCUT2D eigenvalue weighted by Gasteiger charge is -2.18. The second kappa shape index (κ2) is 11.3. The Hall–Kier alpha value is -3.75. The number of aromatic nitrogens is 2. The highest BCUT2D eigenvalue weighted by Gasteiger charge is 2.23. The monoisotopic (exact) mass is 506 g/mol. The van der Waals surface area contributed by atoms with E-state index in [1.165, 1.54) is 17.7 Å². The number of amides is 1. The van der Waals surface area contributed by atoms with Crippen LogP contribution in [0.1, 0.15) is 19.3 Å². The van der Waals surface area contributed by atoms with Crippen LogP contribution in [0.2, 0.25) is 5.02 Å². The summed E-state index contributed by atoms with van der Waals surface area (Å²) in [6, 6.07) is 17.6. The lowest BCUT2D eigenvalue weighted by molar-refractivity contribution is -0.145. The number of nitrogens with one attached hydrogen (secondary N) is 1. The van der Waals surface area contributed by atoms with Gasteiger partial charge in [0, 0.05) is 10.6 Å². The molecule has 1 heterocycles. The summed E-state index contributed by atoms with van der Waals surface area (Å²) in [5.41, 5.74) is 6.30. The van der Waals surface area contributed by atoms with Gasteiger partial charge in [0.05, 0.1) is 18.0 Å². The van der Waals surface area contributed by atoms with Gasteiger partial charge >= 0.3 is 5.97 Å².